The molecule has 2 rings (SSSR count). The number of likely N-dealkylation sites (N-methyl/N-ethyl adjacent to an activating group) is 1. The highest BCUT2D eigenvalue weighted by molar-refractivity contribution is 5.80. The van der Waals surface area contributed by atoms with Gasteiger partial charge in [-0.2, -0.15) is 0 Å². The Morgan fingerprint density at radius 2 is 1.77 bits per heavy atom. The SMILES string of the molecule is CCNC(=NCCCCOC1CCCCCC1)NC1CCN(CC(=O)N(C)C)CC1. The molecule has 1 saturated heterocycles. The summed E-state index contributed by atoms with van der Waals surface area (Å²) in [5.74, 6) is 1.10. The van der Waals surface area contributed by atoms with Crippen LogP contribution in [0.15, 0.2) is 4.99 Å². The number of carbonyl (C=O) groups is 1. The van der Waals surface area contributed by atoms with Crippen LogP contribution in [0.25, 0.3) is 0 Å². The number of hydrogen-bond acceptors (Lipinski definition) is 4. The number of nitrogens with zero attached hydrogens (tertiary/aromatic N) is 3. The number of hydrogen-bond donors (Lipinski definition) is 2. The highest BCUT2D eigenvalue weighted by Crippen LogP contribution is 2.20. The molecule has 0 unspecified atom stereocenters. The van der Waals surface area contributed by atoms with Crippen LogP contribution in [0.2, 0.25) is 0 Å². The average Bonchev–Trinajstić information content (AvgIpc) is 3.00. The predicted molar refractivity (Wildman–Crippen MR) is 124 cm³/mol. The van der Waals surface area contributed by atoms with Crippen LogP contribution in [0.1, 0.15) is 71.1 Å². The summed E-state index contributed by atoms with van der Waals surface area (Å²) in [6, 6.07) is 0.423. The van der Waals surface area contributed by atoms with Crippen molar-refractivity contribution in [3.63, 3.8) is 0 Å². The first-order valence-electron chi connectivity index (χ1n) is 12.2. The van der Waals surface area contributed by atoms with E-state index in [4.69, 9.17) is 9.73 Å². The summed E-state index contributed by atoms with van der Waals surface area (Å²) in [7, 11) is 3.64. The second-order valence-corrected chi connectivity index (χ2v) is 8.94. The van der Waals surface area contributed by atoms with Gasteiger partial charge in [-0.25, -0.2) is 0 Å². The minimum absolute atomic E-state index is 0.180. The molecule has 0 radical (unpaired) electrons. The molecule has 1 saturated carbocycles. The molecule has 0 atom stereocenters. The molecule has 7 heteroatoms. The fraction of sp³-hybridized carbons (Fsp3) is 0.913. The van der Waals surface area contributed by atoms with Crippen LogP contribution in [-0.4, -0.2) is 87.2 Å². The first-order valence-corrected chi connectivity index (χ1v) is 12.2. The van der Waals surface area contributed by atoms with Crippen LogP contribution in [0.5, 0.6) is 0 Å². The Balaban J connectivity index is 1.61. The number of amides is 1. The molecule has 0 aromatic heterocycles. The van der Waals surface area contributed by atoms with E-state index in [2.05, 4.69) is 22.5 Å². The number of nitrogens with one attached hydrogen (secondary N) is 2. The van der Waals surface area contributed by atoms with E-state index in [0.717, 1.165) is 64.4 Å². The molecule has 1 heterocycles. The monoisotopic (exact) mass is 423 g/mol. The predicted octanol–water partition coefficient (Wildman–Crippen LogP) is 2.61. The van der Waals surface area contributed by atoms with Gasteiger partial charge < -0.3 is 20.3 Å². The Morgan fingerprint density at radius 1 is 1.07 bits per heavy atom. The zero-order valence-electron chi connectivity index (χ0n) is 19.6. The maximum atomic E-state index is 11.9. The second-order valence-electron chi connectivity index (χ2n) is 8.94. The van der Waals surface area contributed by atoms with E-state index in [9.17, 15) is 4.79 Å². The minimum Gasteiger partial charge on any atom is -0.378 e. The molecule has 0 aromatic rings. The summed E-state index contributed by atoms with van der Waals surface area (Å²) < 4.78 is 6.08. The summed E-state index contributed by atoms with van der Waals surface area (Å²) >= 11 is 0. The van der Waals surface area contributed by atoms with Gasteiger partial charge in [-0.3, -0.25) is 14.7 Å². The minimum atomic E-state index is 0.180. The summed E-state index contributed by atoms with van der Waals surface area (Å²) in [6.45, 7) is 7.11. The van der Waals surface area contributed by atoms with E-state index in [1.807, 2.05) is 14.1 Å². The third-order valence-electron chi connectivity index (χ3n) is 6.11. The summed E-state index contributed by atoms with van der Waals surface area (Å²) in [5.41, 5.74) is 0. The normalized spacial score (nSPS) is 20.0. The molecule has 2 aliphatic rings. The summed E-state index contributed by atoms with van der Waals surface area (Å²) in [4.78, 5) is 20.6. The zero-order valence-corrected chi connectivity index (χ0v) is 19.6. The molecule has 2 N–H and O–H groups in total. The molecule has 174 valence electrons. The van der Waals surface area contributed by atoms with Gasteiger partial charge in [-0.15, -0.1) is 0 Å². The van der Waals surface area contributed by atoms with Gasteiger partial charge in [-0.05, 0) is 45.4 Å². The zero-order chi connectivity index (χ0) is 21.6. The molecule has 1 amide bonds. The number of likely N-dealkylation sites (tertiary alicyclic amines) is 1. The molecular formula is C23H45N5O2. The fourth-order valence-corrected chi connectivity index (χ4v) is 4.14. The number of ether oxygens (including phenoxy) is 1. The van der Waals surface area contributed by atoms with E-state index in [1.165, 1.54) is 38.5 Å². The average molecular weight is 424 g/mol. The number of piperidine rings is 1. The van der Waals surface area contributed by atoms with Crippen molar-refractivity contribution in [2.75, 3.05) is 53.4 Å². The third kappa shape index (κ3) is 10.1. The van der Waals surface area contributed by atoms with Crippen molar-refractivity contribution in [1.82, 2.24) is 20.4 Å². The molecule has 0 spiro atoms. The number of rotatable bonds is 10. The molecule has 1 aliphatic heterocycles. The van der Waals surface area contributed by atoms with E-state index in [-0.39, 0.29) is 5.91 Å². The molecule has 30 heavy (non-hydrogen) atoms. The lowest BCUT2D eigenvalue weighted by Crippen LogP contribution is -2.50. The molecule has 0 bridgehead atoms. The van der Waals surface area contributed by atoms with E-state index in [0.29, 0.717) is 18.7 Å². The second kappa shape index (κ2) is 14.6. The first-order chi connectivity index (χ1) is 14.6. The van der Waals surface area contributed by atoms with Crippen molar-refractivity contribution in [3.05, 3.63) is 0 Å². The first kappa shape index (κ1) is 24.9. The highest BCUT2D eigenvalue weighted by Gasteiger charge is 2.22. The van der Waals surface area contributed by atoms with E-state index < -0.39 is 0 Å². The highest BCUT2D eigenvalue weighted by atomic mass is 16.5. The number of carbonyl (C=O) groups excluding carboxylic acids is 1. The van der Waals surface area contributed by atoms with E-state index >= 15 is 0 Å². The number of unbranched alkanes of at least 4 members (excludes halogenated alkanes) is 1. The molecule has 0 aromatic carbocycles. The van der Waals surface area contributed by atoms with Crippen LogP contribution in [0.4, 0.5) is 0 Å². The quantitative estimate of drug-likeness (QED) is 0.245. The third-order valence-corrected chi connectivity index (χ3v) is 6.11. The van der Waals surface area contributed by atoms with Crippen LogP contribution in [0.3, 0.4) is 0 Å². The Labute approximate surface area is 184 Å². The maximum Gasteiger partial charge on any atom is 0.236 e. The summed E-state index contributed by atoms with van der Waals surface area (Å²) in [5, 5.41) is 6.96. The van der Waals surface area contributed by atoms with Gasteiger partial charge in [0, 0.05) is 52.9 Å². The Kier molecular flexibility index (Phi) is 12.2. The van der Waals surface area contributed by atoms with Gasteiger partial charge >= 0.3 is 0 Å². The van der Waals surface area contributed by atoms with Crippen LogP contribution in [-0.2, 0) is 9.53 Å². The van der Waals surface area contributed by atoms with Crippen molar-refractivity contribution in [1.29, 1.82) is 0 Å². The van der Waals surface area contributed by atoms with Crippen LogP contribution in [0, 0.1) is 0 Å². The Bertz CT molecular complexity index is 496. The van der Waals surface area contributed by atoms with Gasteiger partial charge in [-0.1, -0.05) is 25.7 Å². The van der Waals surface area contributed by atoms with Gasteiger partial charge in [0.25, 0.3) is 0 Å². The standard InChI is InChI=1S/C23H45N5O2/c1-4-24-23(25-15-9-10-18-30-21-11-7-5-6-8-12-21)26-20-13-16-28(17-14-20)19-22(29)27(2)3/h20-21H,4-19H2,1-3H3,(H2,24,25,26). The van der Waals surface area contributed by atoms with Crippen molar-refractivity contribution < 1.29 is 9.53 Å². The van der Waals surface area contributed by atoms with Gasteiger partial charge in [0.1, 0.15) is 0 Å². The van der Waals surface area contributed by atoms with Crippen molar-refractivity contribution >= 4 is 11.9 Å². The molecule has 1 aliphatic carbocycles. The number of guanidine groups is 1. The Morgan fingerprint density at radius 3 is 2.40 bits per heavy atom. The molecule has 2 fully saturated rings. The van der Waals surface area contributed by atoms with Crippen LogP contribution < -0.4 is 10.6 Å². The largest absolute Gasteiger partial charge is 0.378 e. The van der Waals surface area contributed by atoms with Crippen molar-refractivity contribution in [3.8, 4) is 0 Å². The lowest BCUT2D eigenvalue weighted by molar-refractivity contribution is -0.130. The van der Waals surface area contributed by atoms with Gasteiger partial charge in [0.15, 0.2) is 5.96 Å². The smallest absolute Gasteiger partial charge is 0.236 e. The number of aliphatic imine (C=N–C) groups is 1. The van der Waals surface area contributed by atoms with Crippen LogP contribution >= 0.6 is 0 Å². The molecule has 7 nitrogen and oxygen atoms in total. The fourth-order valence-electron chi connectivity index (χ4n) is 4.14. The van der Waals surface area contributed by atoms with Gasteiger partial charge in [0.2, 0.25) is 5.91 Å². The van der Waals surface area contributed by atoms with Crippen molar-refractivity contribution in [2.45, 2.75) is 83.3 Å². The lowest BCUT2D eigenvalue weighted by Gasteiger charge is -2.33. The lowest BCUT2D eigenvalue weighted by atomic mass is 10.1. The van der Waals surface area contributed by atoms with E-state index in [1.54, 1.807) is 4.90 Å². The summed E-state index contributed by atoms with van der Waals surface area (Å²) in [6.07, 6.45) is 12.6. The van der Waals surface area contributed by atoms with Crippen molar-refractivity contribution in [2.24, 2.45) is 4.99 Å². The topological polar surface area (TPSA) is 69.2 Å². The maximum absolute atomic E-state index is 11.9. The van der Waals surface area contributed by atoms with Gasteiger partial charge in [0.05, 0.1) is 12.6 Å². The molecular weight excluding hydrogens is 378 g/mol. The Hall–Kier alpha value is -1.34.